The molecule has 0 rings (SSSR count). The Morgan fingerprint density at radius 1 is 0.322 bits per heavy atom. The number of carbonyl (C=O) groups is 4. The van der Waals surface area contributed by atoms with E-state index in [4.69, 9.17) is 37.0 Å². The fraction of sp³-hybridized carbons (Fsp3) is 0.941. The highest BCUT2D eigenvalue weighted by Crippen LogP contribution is 2.45. The highest BCUT2D eigenvalue weighted by Gasteiger charge is 2.30. The predicted molar refractivity (Wildman–Crippen MR) is 349 cm³/mol. The number of carbonyl (C=O) groups excluding carboxylic acids is 4. The van der Waals surface area contributed by atoms with Gasteiger partial charge in [-0.2, -0.15) is 0 Å². The Morgan fingerprint density at radius 2 is 0.552 bits per heavy atom. The van der Waals surface area contributed by atoms with Crippen molar-refractivity contribution in [3.05, 3.63) is 0 Å². The molecule has 3 N–H and O–H groups in total. The Bertz CT molecular complexity index is 1700. The molecule has 0 aromatic carbocycles. The first-order valence-corrected chi connectivity index (χ1v) is 38.6. The maximum atomic E-state index is 13.0. The minimum atomic E-state index is -4.95. The van der Waals surface area contributed by atoms with Crippen LogP contribution in [0.3, 0.4) is 0 Å². The molecule has 87 heavy (non-hydrogen) atoms. The molecule has 19 heteroatoms. The molecule has 4 unspecified atom stereocenters. The van der Waals surface area contributed by atoms with Crippen molar-refractivity contribution in [2.24, 2.45) is 11.8 Å². The van der Waals surface area contributed by atoms with E-state index in [0.29, 0.717) is 25.7 Å². The molecular weight excluding hydrogens is 1150 g/mol. The van der Waals surface area contributed by atoms with Crippen molar-refractivity contribution in [2.45, 2.75) is 362 Å². The molecule has 7 atom stereocenters. The van der Waals surface area contributed by atoms with Crippen LogP contribution in [0.25, 0.3) is 0 Å². The number of aliphatic hydroxyl groups is 1. The first-order chi connectivity index (χ1) is 41.9. The molecule has 0 aliphatic heterocycles. The number of esters is 4. The number of rotatable bonds is 67. The van der Waals surface area contributed by atoms with Gasteiger partial charge in [-0.1, -0.05) is 292 Å². The van der Waals surface area contributed by atoms with Crippen molar-refractivity contribution in [2.75, 3.05) is 39.6 Å². The van der Waals surface area contributed by atoms with E-state index in [0.717, 1.165) is 108 Å². The van der Waals surface area contributed by atoms with Crippen LogP contribution in [-0.4, -0.2) is 96.7 Å². The molecule has 0 radical (unpaired) electrons. The Labute approximate surface area is 530 Å². The average Bonchev–Trinajstić information content (AvgIpc) is 3.53. The molecule has 17 nitrogen and oxygen atoms in total. The molecular formula is C68H132O17P2. The second-order valence-electron chi connectivity index (χ2n) is 25.0. The van der Waals surface area contributed by atoms with E-state index in [1.54, 1.807) is 0 Å². The standard InChI is InChI=1S/C68H132O17P2/c1-7-11-13-15-17-19-20-21-22-23-24-25-26-27-29-31-40-46-52-67(72)84-63(57-79-66(71)51-45-39-34-32-36-42-48-60(5)9-3)58-82-86(74,75)80-54-62(69)55-81-87(76,77)83-59-64(56-78-65(70)50-44-38-30-28-18-16-14-12-8-2)85-68(73)53-47-41-35-33-37-43-49-61(6)10-4/h60-64,69H,7-59H2,1-6H3,(H,74,75)(H,76,77)/t60?,61?,62-,63-,64-/m1/s1. The van der Waals surface area contributed by atoms with E-state index >= 15 is 0 Å². The largest absolute Gasteiger partial charge is 0.472 e. The number of ether oxygens (including phenoxy) is 4. The van der Waals surface area contributed by atoms with Gasteiger partial charge in [-0.15, -0.1) is 0 Å². The minimum Gasteiger partial charge on any atom is -0.462 e. The highest BCUT2D eigenvalue weighted by atomic mass is 31.2. The molecule has 0 amide bonds. The molecule has 0 aromatic rings. The maximum Gasteiger partial charge on any atom is 0.472 e. The second kappa shape index (κ2) is 60.3. The lowest BCUT2D eigenvalue weighted by molar-refractivity contribution is -0.161. The fourth-order valence-electron chi connectivity index (χ4n) is 10.2. The molecule has 0 aliphatic rings. The Hall–Kier alpha value is -1.94. The minimum absolute atomic E-state index is 0.103. The van der Waals surface area contributed by atoms with Gasteiger partial charge in [0, 0.05) is 25.7 Å². The fourth-order valence-corrected chi connectivity index (χ4v) is 11.8. The molecule has 0 fully saturated rings. The van der Waals surface area contributed by atoms with Crippen LogP contribution in [0.15, 0.2) is 0 Å². The molecule has 0 aromatic heterocycles. The molecule has 0 spiro atoms. The van der Waals surface area contributed by atoms with Crippen LogP contribution >= 0.6 is 15.6 Å². The smallest absolute Gasteiger partial charge is 0.462 e. The Kier molecular flexibility index (Phi) is 59.0. The predicted octanol–water partition coefficient (Wildman–Crippen LogP) is 19.2. The lowest BCUT2D eigenvalue weighted by Crippen LogP contribution is -2.30. The third-order valence-corrected chi connectivity index (χ3v) is 18.3. The number of hydrogen-bond acceptors (Lipinski definition) is 15. The summed E-state index contributed by atoms with van der Waals surface area (Å²) in [7, 11) is -9.89. The number of phosphoric ester groups is 2. The summed E-state index contributed by atoms with van der Waals surface area (Å²) in [5.41, 5.74) is 0. The zero-order valence-corrected chi connectivity index (χ0v) is 58.1. The monoisotopic (exact) mass is 1280 g/mol. The van der Waals surface area contributed by atoms with Gasteiger partial charge in [-0.25, -0.2) is 9.13 Å². The van der Waals surface area contributed by atoms with Crippen molar-refractivity contribution in [1.29, 1.82) is 0 Å². The van der Waals surface area contributed by atoms with Gasteiger partial charge < -0.3 is 33.8 Å². The summed E-state index contributed by atoms with van der Waals surface area (Å²) in [6.07, 6.45) is 44.6. The van der Waals surface area contributed by atoms with Gasteiger partial charge in [0.25, 0.3) is 0 Å². The molecule has 0 heterocycles. The van der Waals surface area contributed by atoms with Crippen LogP contribution in [-0.2, 0) is 65.4 Å². The summed E-state index contributed by atoms with van der Waals surface area (Å²) in [4.78, 5) is 72.3. The van der Waals surface area contributed by atoms with Crippen LogP contribution in [0.1, 0.15) is 343 Å². The van der Waals surface area contributed by atoms with E-state index in [1.165, 1.54) is 154 Å². The maximum absolute atomic E-state index is 13.0. The van der Waals surface area contributed by atoms with Crippen molar-refractivity contribution in [3.63, 3.8) is 0 Å². The van der Waals surface area contributed by atoms with Crippen LogP contribution < -0.4 is 0 Å². The molecule has 516 valence electrons. The van der Waals surface area contributed by atoms with Gasteiger partial charge in [-0.3, -0.25) is 37.3 Å². The molecule has 0 aliphatic carbocycles. The molecule has 0 bridgehead atoms. The number of hydrogen-bond donors (Lipinski definition) is 3. The normalized spacial score (nSPS) is 14.8. The highest BCUT2D eigenvalue weighted by molar-refractivity contribution is 7.47. The van der Waals surface area contributed by atoms with Gasteiger partial charge in [-0.05, 0) is 37.5 Å². The number of unbranched alkanes of at least 4 members (excludes halogenated alkanes) is 35. The summed E-state index contributed by atoms with van der Waals surface area (Å²) >= 11 is 0. The van der Waals surface area contributed by atoms with Crippen LogP contribution in [0, 0.1) is 11.8 Å². The van der Waals surface area contributed by atoms with Crippen molar-refractivity contribution in [1.82, 2.24) is 0 Å². The molecule has 0 saturated carbocycles. The Balaban J connectivity index is 5.20. The SMILES string of the molecule is CCCCCCCCCCCCCCCCCCCCC(=O)O[C@H](COC(=O)CCCCCCCCC(C)CC)COP(=O)(O)OC[C@@H](O)COP(=O)(O)OC[C@@H](COC(=O)CCCCCCCCCCC)OC(=O)CCCCCCCCC(C)CC. The topological polar surface area (TPSA) is 237 Å². The zero-order valence-electron chi connectivity index (χ0n) is 56.3. The lowest BCUT2D eigenvalue weighted by Gasteiger charge is -2.21. The summed E-state index contributed by atoms with van der Waals surface area (Å²) < 4.78 is 68.1. The summed E-state index contributed by atoms with van der Waals surface area (Å²) in [6, 6.07) is 0. The van der Waals surface area contributed by atoms with Gasteiger partial charge in [0.15, 0.2) is 12.2 Å². The summed E-state index contributed by atoms with van der Waals surface area (Å²) in [5.74, 6) is -0.681. The van der Waals surface area contributed by atoms with Gasteiger partial charge in [0.2, 0.25) is 0 Å². The third-order valence-electron chi connectivity index (χ3n) is 16.4. The van der Waals surface area contributed by atoms with Crippen molar-refractivity contribution >= 4 is 39.5 Å². The van der Waals surface area contributed by atoms with Gasteiger partial charge >= 0.3 is 39.5 Å². The quantitative estimate of drug-likeness (QED) is 0.0222. The average molecular weight is 1280 g/mol. The third kappa shape index (κ3) is 60.1. The van der Waals surface area contributed by atoms with E-state index in [2.05, 4.69) is 41.5 Å². The van der Waals surface area contributed by atoms with Gasteiger partial charge in [0.1, 0.15) is 19.3 Å². The number of phosphoric acid groups is 2. The second-order valence-corrected chi connectivity index (χ2v) is 28.0. The van der Waals surface area contributed by atoms with Crippen molar-refractivity contribution < 1.29 is 80.2 Å². The first-order valence-electron chi connectivity index (χ1n) is 35.6. The van der Waals surface area contributed by atoms with E-state index < -0.39 is 97.5 Å². The van der Waals surface area contributed by atoms with Crippen molar-refractivity contribution in [3.8, 4) is 0 Å². The lowest BCUT2D eigenvalue weighted by atomic mass is 10.00. The number of aliphatic hydroxyl groups excluding tert-OH is 1. The van der Waals surface area contributed by atoms with Crippen LogP contribution in [0.4, 0.5) is 0 Å². The van der Waals surface area contributed by atoms with E-state index in [9.17, 15) is 43.2 Å². The van der Waals surface area contributed by atoms with Gasteiger partial charge in [0.05, 0.1) is 26.4 Å². The first kappa shape index (κ1) is 85.1. The Morgan fingerprint density at radius 3 is 0.816 bits per heavy atom. The van der Waals surface area contributed by atoms with E-state index in [-0.39, 0.29) is 25.7 Å². The van der Waals surface area contributed by atoms with Crippen LogP contribution in [0.2, 0.25) is 0 Å². The van der Waals surface area contributed by atoms with E-state index in [1.807, 2.05) is 0 Å². The summed E-state index contributed by atoms with van der Waals surface area (Å²) in [5, 5.41) is 10.6. The summed E-state index contributed by atoms with van der Waals surface area (Å²) in [6.45, 7) is 9.43. The molecule has 0 saturated heterocycles. The zero-order chi connectivity index (χ0) is 64.3. The van der Waals surface area contributed by atoms with Crippen LogP contribution in [0.5, 0.6) is 0 Å².